The monoisotopic (exact) mass is 267 g/mol. The summed E-state index contributed by atoms with van der Waals surface area (Å²) in [5, 5.41) is 7.27. The van der Waals surface area contributed by atoms with E-state index in [2.05, 4.69) is 10.4 Å². The number of anilines is 1. The molecule has 0 saturated carbocycles. The van der Waals surface area contributed by atoms with E-state index in [1.807, 2.05) is 14.0 Å². The SMILES string of the molecule is CNc1c(COc2cc(F)cc(F)c2)c(C)nn1C. The Morgan fingerprint density at radius 2 is 1.89 bits per heavy atom. The highest BCUT2D eigenvalue weighted by Gasteiger charge is 2.13. The van der Waals surface area contributed by atoms with Gasteiger partial charge in [0, 0.05) is 32.3 Å². The van der Waals surface area contributed by atoms with Crippen molar-refractivity contribution in [2.24, 2.45) is 7.05 Å². The third-order valence-electron chi connectivity index (χ3n) is 2.80. The molecule has 1 aromatic carbocycles. The van der Waals surface area contributed by atoms with E-state index in [1.54, 1.807) is 11.7 Å². The second-order valence-corrected chi connectivity index (χ2v) is 4.18. The van der Waals surface area contributed by atoms with Gasteiger partial charge in [0.15, 0.2) is 0 Å². The highest BCUT2D eigenvalue weighted by molar-refractivity contribution is 5.46. The van der Waals surface area contributed by atoms with Gasteiger partial charge in [-0.1, -0.05) is 0 Å². The van der Waals surface area contributed by atoms with Gasteiger partial charge in [0.05, 0.1) is 11.3 Å². The summed E-state index contributed by atoms with van der Waals surface area (Å²) in [6.45, 7) is 2.05. The Bertz CT molecular complexity index is 576. The molecule has 0 aliphatic heterocycles. The molecule has 0 unspecified atom stereocenters. The lowest BCUT2D eigenvalue weighted by Gasteiger charge is -2.08. The first-order valence-corrected chi connectivity index (χ1v) is 5.80. The number of aromatic nitrogens is 2. The molecular weight excluding hydrogens is 252 g/mol. The summed E-state index contributed by atoms with van der Waals surface area (Å²) in [7, 11) is 3.59. The molecule has 2 aromatic rings. The molecule has 0 aliphatic carbocycles. The number of hydrogen-bond acceptors (Lipinski definition) is 3. The molecule has 2 rings (SSSR count). The van der Waals surface area contributed by atoms with E-state index in [0.29, 0.717) is 0 Å². The van der Waals surface area contributed by atoms with Crippen molar-refractivity contribution < 1.29 is 13.5 Å². The van der Waals surface area contributed by atoms with Crippen LogP contribution >= 0.6 is 0 Å². The maximum Gasteiger partial charge on any atom is 0.130 e. The fourth-order valence-electron chi connectivity index (χ4n) is 1.95. The molecule has 6 heteroatoms. The number of nitrogens with one attached hydrogen (secondary N) is 1. The molecule has 1 heterocycles. The van der Waals surface area contributed by atoms with Crippen molar-refractivity contribution in [3.05, 3.63) is 41.1 Å². The molecule has 19 heavy (non-hydrogen) atoms. The predicted molar refractivity (Wildman–Crippen MR) is 68.2 cm³/mol. The molecule has 4 nitrogen and oxygen atoms in total. The molecule has 0 atom stereocenters. The van der Waals surface area contributed by atoms with E-state index in [9.17, 15) is 8.78 Å². The van der Waals surface area contributed by atoms with Crippen molar-refractivity contribution >= 4 is 5.82 Å². The van der Waals surface area contributed by atoms with Gasteiger partial charge < -0.3 is 10.1 Å². The lowest BCUT2D eigenvalue weighted by atomic mass is 10.2. The van der Waals surface area contributed by atoms with Gasteiger partial charge in [0.2, 0.25) is 0 Å². The third kappa shape index (κ3) is 2.83. The summed E-state index contributed by atoms with van der Waals surface area (Å²) >= 11 is 0. The van der Waals surface area contributed by atoms with Crippen LogP contribution in [0, 0.1) is 18.6 Å². The zero-order chi connectivity index (χ0) is 14.0. The molecule has 0 spiro atoms. The molecule has 1 N–H and O–H groups in total. The molecule has 0 saturated heterocycles. The standard InChI is InChI=1S/C13H15F2N3O/c1-8-12(13(16-2)18(3)17-8)7-19-11-5-9(14)4-10(15)6-11/h4-6,16H,7H2,1-3H3. The topological polar surface area (TPSA) is 39.1 Å². The Hall–Kier alpha value is -2.11. The maximum atomic E-state index is 13.0. The van der Waals surface area contributed by atoms with E-state index < -0.39 is 11.6 Å². The highest BCUT2D eigenvalue weighted by atomic mass is 19.1. The zero-order valence-corrected chi connectivity index (χ0v) is 11.0. The number of hydrogen-bond donors (Lipinski definition) is 1. The van der Waals surface area contributed by atoms with E-state index in [4.69, 9.17) is 4.74 Å². The normalized spacial score (nSPS) is 10.6. The summed E-state index contributed by atoms with van der Waals surface area (Å²) in [6.07, 6.45) is 0. The van der Waals surface area contributed by atoms with Crippen LogP contribution in [0.2, 0.25) is 0 Å². The van der Waals surface area contributed by atoms with Gasteiger partial charge in [-0.05, 0) is 6.92 Å². The van der Waals surface area contributed by atoms with Gasteiger partial charge in [0.1, 0.15) is 29.8 Å². The number of rotatable bonds is 4. The number of halogens is 2. The Kier molecular flexibility index (Phi) is 3.69. The number of ether oxygens (including phenoxy) is 1. The minimum atomic E-state index is -0.660. The van der Waals surface area contributed by atoms with Crippen molar-refractivity contribution in [3.8, 4) is 5.75 Å². The molecule has 0 bridgehead atoms. The lowest BCUT2D eigenvalue weighted by Crippen LogP contribution is -2.03. The molecule has 102 valence electrons. The van der Waals surface area contributed by atoms with E-state index in [0.717, 1.165) is 35.3 Å². The minimum absolute atomic E-state index is 0.155. The molecule has 0 amide bonds. The first-order valence-electron chi connectivity index (χ1n) is 5.80. The van der Waals surface area contributed by atoms with Crippen LogP contribution in [-0.2, 0) is 13.7 Å². The van der Waals surface area contributed by atoms with Crippen molar-refractivity contribution in [1.29, 1.82) is 0 Å². The van der Waals surface area contributed by atoms with Crippen LogP contribution in [0.5, 0.6) is 5.75 Å². The summed E-state index contributed by atoms with van der Waals surface area (Å²) in [5.41, 5.74) is 1.67. The Labute approximate surface area is 110 Å². The van der Waals surface area contributed by atoms with Crippen LogP contribution in [0.15, 0.2) is 18.2 Å². The van der Waals surface area contributed by atoms with Crippen LogP contribution in [0.25, 0.3) is 0 Å². The second kappa shape index (κ2) is 5.26. The van der Waals surface area contributed by atoms with Gasteiger partial charge in [0.25, 0.3) is 0 Å². The lowest BCUT2D eigenvalue weighted by molar-refractivity contribution is 0.302. The minimum Gasteiger partial charge on any atom is -0.488 e. The Morgan fingerprint density at radius 1 is 1.26 bits per heavy atom. The Morgan fingerprint density at radius 3 is 2.47 bits per heavy atom. The van der Waals surface area contributed by atoms with Gasteiger partial charge >= 0.3 is 0 Å². The van der Waals surface area contributed by atoms with Gasteiger partial charge in [-0.2, -0.15) is 5.10 Å². The van der Waals surface area contributed by atoms with Crippen LogP contribution in [0.1, 0.15) is 11.3 Å². The molecule has 1 aromatic heterocycles. The van der Waals surface area contributed by atoms with Crippen molar-refractivity contribution in [3.63, 3.8) is 0 Å². The average molecular weight is 267 g/mol. The smallest absolute Gasteiger partial charge is 0.130 e. The largest absolute Gasteiger partial charge is 0.488 e. The van der Waals surface area contributed by atoms with Crippen LogP contribution in [-0.4, -0.2) is 16.8 Å². The average Bonchev–Trinajstić information content (AvgIpc) is 2.59. The fourth-order valence-corrected chi connectivity index (χ4v) is 1.95. The molecule has 0 radical (unpaired) electrons. The number of aryl methyl sites for hydroxylation is 2. The van der Waals surface area contributed by atoms with Crippen molar-refractivity contribution in [2.75, 3.05) is 12.4 Å². The Balaban J connectivity index is 2.18. The van der Waals surface area contributed by atoms with E-state index >= 15 is 0 Å². The zero-order valence-electron chi connectivity index (χ0n) is 11.0. The van der Waals surface area contributed by atoms with Gasteiger partial charge in [-0.15, -0.1) is 0 Å². The highest BCUT2D eigenvalue weighted by Crippen LogP contribution is 2.22. The van der Waals surface area contributed by atoms with E-state index in [1.165, 1.54) is 0 Å². The summed E-state index contributed by atoms with van der Waals surface area (Å²) in [4.78, 5) is 0. The first-order chi connectivity index (χ1) is 9.01. The van der Waals surface area contributed by atoms with Gasteiger partial charge in [-0.25, -0.2) is 8.78 Å². The summed E-state index contributed by atoms with van der Waals surface area (Å²) < 4.78 is 33.2. The van der Waals surface area contributed by atoms with E-state index in [-0.39, 0.29) is 12.4 Å². The van der Waals surface area contributed by atoms with Crippen LogP contribution in [0.3, 0.4) is 0 Å². The van der Waals surface area contributed by atoms with Crippen molar-refractivity contribution in [2.45, 2.75) is 13.5 Å². The van der Waals surface area contributed by atoms with Crippen LogP contribution < -0.4 is 10.1 Å². The van der Waals surface area contributed by atoms with Crippen LogP contribution in [0.4, 0.5) is 14.6 Å². The number of nitrogens with zero attached hydrogens (tertiary/aromatic N) is 2. The molecule has 0 aliphatic rings. The molecular formula is C13H15F2N3O. The summed E-state index contributed by atoms with van der Waals surface area (Å²) in [5.74, 6) is -0.351. The number of benzene rings is 1. The fraction of sp³-hybridized carbons (Fsp3) is 0.308. The maximum absolute atomic E-state index is 13.0. The predicted octanol–water partition coefficient (Wildman–Crippen LogP) is 2.63. The molecule has 0 fully saturated rings. The summed E-state index contributed by atoms with van der Waals surface area (Å²) in [6, 6.07) is 3.10. The van der Waals surface area contributed by atoms with Gasteiger partial charge in [-0.3, -0.25) is 4.68 Å². The third-order valence-corrected chi connectivity index (χ3v) is 2.80. The van der Waals surface area contributed by atoms with Crippen molar-refractivity contribution in [1.82, 2.24) is 9.78 Å². The quantitative estimate of drug-likeness (QED) is 0.925. The first kappa shape index (κ1) is 13.3. The second-order valence-electron chi connectivity index (χ2n) is 4.18.